The van der Waals surface area contributed by atoms with Crippen LogP contribution in [0.2, 0.25) is 0 Å². The largest absolute Gasteiger partial charge is 0.494 e. The number of ether oxygens (including phenoxy) is 2. The van der Waals surface area contributed by atoms with Gasteiger partial charge in [-0.3, -0.25) is 0 Å². The van der Waals surface area contributed by atoms with Crippen LogP contribution in [-0.2, 0) is 0 Å². The van der Waals surface area contributed by atoms with Gasteiger partial charge < -0.3 is 9.47 Å². The predicted octanol–water partition coefficient (Wildman–Crippen LogP) is 5.42. The summed E-state index contributed by atoms with van der Waals surface area (Å²) in [6, 6.07) is 16.8. The molecule has 0 aromatic heterocycles. The van der Waals surface area contributed by atoms with Crippen molar-refractivity contribution in [2.45, 2.75) is 39.5 Å². The molecule has 0 saturated carbocycles. The van der Waals surface area contributed by atoms with Gasteiger partial charge in [-0.15, -0.1) is 0 Å². The van der Waals surface area contributed by atoms with Crippen LogP contribution in [0.5, 0.6) is 11.5 Å². The molecule has 0 atom stereocenters. The van der Waals surface area contributed by atoms with Crippen LogP contribution in [0.4, 0.5) is 0 Å². The van der Waals surface area contributed by atoms with E-state index in [-0.39, 0.29) is 0 Å². The Morgan fingerprint density at radius 2 is 1.05 bits per heavy atom. The summed E-state index contributed by atoms with van der Waals surface area (Å²) in [6.07, 6.45) is 2.06. The van der Waals surface area contributed by atoms with Crippen LogP contribution in [0.3, 0.4) is 0 Å². The molecule has 0 aliphatic heterocycles. The minimum Gasteiger partial charge on any atom is -0.494 e. The van der Waals surface area contributed by atoms with Crippen molar-refractivity contribution in [3.8, 4) is 11.5 Å². The van der Waals surface area contributed by atoms with E-state index < -0.39 is 0 Å². The first-order valence-electron chi connectivity index (χ1n) is 8.20. The van der Waals surface area contributed by atoms with Gasteiger partial charge in [-0.2, -0.15) is 0 Å². The average Bonchev–Trinajstić information content (AvgIpc) is 2.58. The normalized spacial score (nSPS) is 10.7. The van der Waals surface area contributed by atoms with Gasteiger partial charge in [0.25, 0.3) is 0 Å². The lowest BCUT2D eigenvalue weighted by atomic mass is 9.93. The van der Waals surface area contributed by atoms with Crippen LogP contribution in [-0.4, -0.2) is 13.2 Å². The van der Waals surface area contributed by atoms with Crippen LogP contribution in [0.15, 0.2) is 48.5 Å². The summed E-state index contributed by atoms with van der Waals surface area (Å²) in [5, 5.41) is 0. The molecule has 0 N–H and O–H groups in total. The summed E-state index contributed by atoms with van der Waals surface area (Å²) < 4.78 is 11.3. The summed E-state index contributed by atoms with van der Waals surface area (Å²) in [5.41, 5.74) is 2.59. The third-order valence-electron chi connectivity index (χ3n) is 3.71. The highest BCUT2D eigenvalue weighted by Gasteiger charge is 2.08. The molecule has 0 saturated heterocycles. The van der Waals surface area contributed by atoms with E-state index in [9.17, 15) is 0 Å². The van der Waals surface area contributed by atoms with Gasteiger partial charge in [0.1, 0.15) is 11.5 Å². The lowest BCUT2D eigenvalue weighted by Gasteiger charge is -2.14. The number of hydrogen-bond donors (Lipinski definition) is 0. The van der Waals surface area contributed by atoms with Crippen molar-refractivity contribution in [3.05, 3.63) is 59.7 Å². The van der Waals surface area contributed by atoms with Gasteiger partial charge in [0.2, 0.25) is 0 Å². The summed E-state index contributed by atoms with van der Waals surface area (Å²) in [5.74, 6) is 2.25. The predicted molar refractivity (Wildman–Crippen MR) is 92.0 cm³/mol. The van der Waals surface area contributed by atoms with Gasteiger partial charge in [0.05, 0.1) is 13.2 Å². The van der Waals surface area contributed by atoms with Crippen LogP contribution in [0, 0.1) is 0 Å². The molecule has 0 heterocycles. The molecule has 2 aromatic carbocycles. The standard InChI is InChI=1S/C20H26O2/c1-4-14-21-19-10-6-17(7-11-19)16(3)18-8-12-20(13-9-18)22-15-5-2/h6-13,16H,4-5,14-15H2,1-3H3. The van der Waals surface area contributed by atoms with Crippen molar-refractivity contribution >= 4 is 0 Å². The summed E-state index contributed by atoms with van der Waals surface area (Å²) in [7, 11) is 0. The Morgan fingerprint density at radius 3 is 1.36 bits per heavy atom. The van der Waals surface area contributed by atoms with Crippen molar-refractivity contribution in [1.82, 2.24) is 0 Å². The molecule has 0 amide bonds. The summed E-state index contributed by atoms with van der Waals surface area (Å²) >= 11 is 0. The van der Waals surface area contributed by atoms with Gasteiger partial charge in [-0.1, -0.05) is 45.0 Å². The third kappa shape index (κ3) is 4.52. The fourth-order valence-electron chi connectivity index (χ4n) is 2.34. The zero-order valence-electron chi connectivity index (χ0n) is 13.8. The molecule has 2 aromatic rings. The van der Waals surface area contributed by atoms with Gasteiger partial charge in [-0.25, -0.2) is 0 Å². The lowest BCUT2D eigenvalue weighted by Crippen LogP contribution is -1.99. The zero-order valence-corrected chi connectivity index (χ0v) is 13.8. The molecule has 0 spiro atoms. The van der Waals surface area contributed by atoms with Crippen molar-refractivity contribution in [2.75, 3.05) is 13.2 Å². The van der Waals surface area contributed by atoms with Crippen LogP contribution < -0.4 is 9.47 Å². The molecule has 2 heteroatoms. The fraction of sp³-hybridized carbons (Fsp3) is 0.400. The minimum atomic E-state index is 0.362. The second-order valence-electron chi connectivity index (χ2n) is 5.56. The molecular formula is C20H26O2. The third-order valence-corrected chi connectivity index (χ3v) is 3.71. The molecule has 0 aliphatic carbocycles. The van der Waals surface area contributed by atoms with Gasteiger partial charge in [0, 0.05) is 5.92 Å². The van der Waals surface area contributed by atoms with E-state index >= 15 is 0 Å². The second-order valence-corrected chi connectivity index (χ2v) is 5.56. The molecule has 22 heavy (non-hydrogen) atoms. The highest BCUT2D eigenvalue weighted by molar-refractivity contribution is 5.37. The molecular weight excluding hydrogens is 272 g/mol. The summed E-state index contributed by atoms with van der Waals surface area (Å²) in [4.78, 5) is 0. The zero-order chi connectivity index (χ0) is 15.8. The van der Waals surface area contributed by atoms with E-state index in [1.54, 1.807) is 0 Å². The SMILES string of the molecule is CCCOc1ccc(C(C)c2ccc(OCCC)cc2)cc1. The van der Waals surface area contributed by atoms with E-state index in [1.165, 1.54) is 11.1 Å². The first-order chi connectivity index (χ1) is 10.7. The second kappa shape index (κ2) is 8.47. The summed E-state index contributed by atoms with van der Waals surface area (Å²) in [6.45, 7) is 8.00. The quantitative estimate of drug-likeness (QED) is 0.648. The Balaban J connectivity index is 2.02. The molecule has 0 bridgehead atoms. The number of rotatable bonds is 8. The van der Waals surface area contributed by atoms with E-state index in [1.807, 2.05) is 0 Å². The van der Waals surface area contributed by atoms with Crippen LogP contribution in [0.1, 0.15) is 50.7 Å². The Morgan fingerprint density at radius 1 is 0.682 bits per heavy atom. The Kier molecular flexibility index (Phi) is 6.32. The van der Waals surface area contributed by atoms with Crippen molar-refractivity contribution in [1.29, 1.82) is 0 Å². The van der Waals surface area contributed by atoms with E-state index in [4.69, 9.17) is 9.47 Å². The highest BCUT2D eigenvalue weighted by atomic mass is 16.5. The molecule has 118 valence electrons. The maximum atomic E-state index is 5.63. The maximum Gasteiger partial charge on any atom is 0.119 e. The van der Waals surface area contributed by atoms with Crippen molar-refractivity contribution in [2.24, 2.45) is 0 Å². The Labute approximate surface area is 134 Å². The molecule has 0 unspecified atom stereocenters. The Bertz CT molecular complexity index is 491. The number of hydrogen-bond acceptors (Lipinski definition) is 2. The fourth-order valence-corrected chi connectivity index (χ4v) is 2.34. The maximum absolute atomic E-state index is 5.63. The van der Waals surface area contributed by atoms with E-state index in [2.05, 4.69) is 69.3 Å². The highest BCUT2D eigenvalue weighted by Crippen LogP contribution is 2.27. The monoisotopic (exact) mass is 298 g/mol. The van der Waals surface area contributed by atoms with E-state index in [0.717, 1.165) is 37.6 Å². The average molecular weight is 298 g/mol. The smallest absolute Gasteiger partial charge is 0.119 e. The Hall–Kier alpha value is -1.96. The topological polar surface area (TPSA) is 18.5 Å². The molecule has 0 radical (unpaired) electrons. The minimum absolute atomic E-state index is 0.362. The first kappa shape index (κ1) is 16.4. The van der Waals surface area contributed by atoms with E-state index in [0.29, 0.717) is 5.92 Å². The van der Waals surface area contributed by atoms with Crippen molar-refractivity contribution in [3.63, 3.8) is 0 Å². The molecule has 0 aliphatic rings. The molecule has 2 rings (SSSR count). The van der Waals surface area contributed by atoms with Crippen LogP contribution in [0.25, 0.3) is 0 Å². The lowest BCUT2D eigenvalue weighted by molar-refractivity contribution is 0.317. The van der Waals surface area contributed by atoms with Crippen molar-refractivity contribution < 1.29 is 9.47 Å². The molecule has 0 fully saturated rings. The first-order valence-corrected chi connectivity index (χ1v) is 8.20. The van der Waals surface area contributed by atoms with Gasteiger partial charge >= 0.3 is 0 Å². The number of benzene rings is 2. The van der Waals surface area contributed by atoms with Crippen LogP contribution >= 0.6 is 0 Å². The van der Waals surface area contributed by atoms with Gasteiger partial charge in [-0.05, 0) is 48.2 Å². The van der Waals surface area contributed by atoms with Gasteiger partial charge in [0.15, 0.2) is 0 Å². The molecule has 2 nitrogen and oxygen atoms in total.